The number of carboxylic acids is 1. The second kappa shape index (κ2) is 5.29. The van der Waals surface area contributed by atoms with Crippen LogP contribution in [-0.4, -0.2) is 45.3 Å². The Hall–Kier alpha value is -2.21. The highest BCUT2D eigenvalue weighted by Gasteiger charge is 2.28. The van der Waals surface area contributed by atoms with E-state index in [9.17, 15) is 9.90 Å². The molecule has 3 rings (SSSR count). The first kappa shape index (κ1) is 13.8. The van der Waals surface area contributed by atoms with Crippen molar-refractivity contribution in [2.24, 2.45) is 5.92 Å². The Morgan fingerprint density at radius 3 is 2.81 bits per heavy atom. The number of hydrogen-bond acceptors (Lipinski definition) is 5. The van der Waals surface area contributed by atoms with Crippen molar-refractivity contribution >= 4 is 22.7 Å². The van der Waals surface area contributed by atoms with E-state index >= 15 is 0 Å². The Morgan fingerprint density at radius 1 is 1.38 bits per heavy atom. The molecular formula is C15H17N3O3. The van der Waals surface area contributed by atoms with Crippen LogP contribution in [0.4, 0.5) is 5.82 Å². The van der Waals surface area contributed by atoms with Crippen LogP contribution in [0.15, 0.2) is 24.3 Å². The number of aliphatic hydroxyl groups excluding tert-OH is 1. The molecule has 6 heteroatoms. The molecule has 1 fully saturated rings. The first-order chi connectivity index (χ1) is 10.1. The number of nitrogens with zero attached hydrogens (tertiary/aromatic N) is 3. The van der Waals surface area contributed by atoms with Gasteiger partial charge in [0.05, 0.1) is 11.6 Å². The van der Waals surface area contributed by atoms with E-state index in [1.165, 1.54) is 0 Å². The zero-order valence-corrected chi connectivity index (χ0v) is 11.7. The van der Waals surface area contributed by atoms with E-state index in [0.717, 1.165) is 18.4 Å². The van der Waals surface area contributed by atoms with Crippen molar-refractivity contribution in [3.05, 3.63) is 30.1 Å². The van der Waals surface area contributed by atoms with Crippen LogP contribution >= 0.6 is 0 Å². The molecule has 0 aliphatic carbocycles. The van der Waals surface area contributed by atoms with Crippen molar-refractivity contribution in [2.75, 3.05) is 18.0 Å². The molecule has 2 N–H and O–H groups in total. The van der Waals surface area contributed by atoms with Gasteiger partial charge < -0.3 is 15.1 Å². The minimum absolute atomic E-state index is 0.187. The second-order valence-corrected chi connectivity index (χ2v) is 5.43. The molecule has 1 aromatic heterocycles. The van der Waals surface area contributed by atoms with E-state index < -0.39 is 5.97 Å². The molecule has 6 nitrogen and oxygen atoms in total. The van der Waals surface area contributed by atoms with Gasteiger partial charge in [0.2, 0.25) is 5.82 Å². The highest BCUT2D eigenvalue weighted by atomic mass is 16.4. The third-order valence-corrected chi connectivity index (χ3v) is 3.98. The summed E-state index contributed by atoms with van der Waals surface area (Å²) in [5.74, 6) is -0.495. The minimum Gasteiger partial charge on any atom is -0.475 e. The molecule has 2 unspecified atom stereocenters. The van der Waals surface area contributed by atoms with Crippen LogP contribution in [0.25, 0.3) is 10.9 Å². The van der Waals surface area contributed by atoms with Gasteiger partial charge in [-0.25, -0.2) is 14.8 Å². The number of aliphatic hydroxyl groups is 1. The third kappa shape index (κ3) is 2.54. The normalized spacial score (nSPS) is 19.9. The molecule has 2 heterocycles. The molecule has 1 aliphatic heterocycles. The number of para-hydroxylation sites is 1. The summed E-state index contributed by atoms with van der Waals surface area (Å²) in [5, 5.41) is 19.7. The number of rotatable bonds is 3. The summed E-state index contributed by atoms with van der Waals surface area (Å²) in [6.07, 6.45) is 0.500. The lowest BCUT2D eigenvalue weighted by molar-refractivity contribution is 0.0684. The van der Waals surface area contributed by atoms with E-state index in [1.54, 1.807) is 13.0 Å². The van der Waals surface area contributed by atoms with Gasteiger partial charge in [-0.2, -0.15) is 0 Å². The molecule has 0 radical (unpaired) electrons. The monoisotopic (exact) mass is 287 g/mol. The van der Waals surface area contributed by atoms with Crippen molar-refractivity contribution in [1.29, 1.82) is 0 Å². The number of aromatic carboxylic acids is 1. The van der Waals surface area contributed by atoms with Gasteiger partial charge >= 0.3 is 5.97 Å². The third-order valence-electron chi connectivity index (χ3n) is 3.98. The van der Waals surface area contributed by atoms with Gasteiger partial charge in [-0.05, 0) is 25.5 Å². The van der Waals surface area contributed by atoms with Gasteiger partial charge in [0, 0.05) is 24.4 Å². The number of aromatic nitrogens is 2. The SMILES string of the molecule is CC(O)C1CCN(c2nc(C(=O)O)nc3ccccc23)C1. The van der Waals surface area contributed by atoms with E-state index in [-0.39, 0.29) is 17.8 Å². The highest BCUT2D eigenvalue weighted by molar-refractivity contribution is 5.93. The summed E-state index contributed by atoms with van der Waals surface area (Å²) in [7, 11) is 0. The molecule has 110 valence electrons. The molecule has 1 aromatic carbocycles. The number of fused-ring (bicyclic) bond motifs is 1. The Kier molecular flexibility index (Phi) is 3.47. The fraction of sp³-hybridized carbons (Fsp3) is 0.400. The standard InChI is InChI=1S/C15H17N3O3/c1-9(19)10-6-7-18(8-10)14-11-4-2-3-5-12(11)16-13(17-14)15(20)21/h2-5,9-10,19H,6-8H2,1H3,(H,20,21). The van der Waals surface area contributed by atoms with Gasteiger partial charge in [-0.15, -0.1) is 0 Å². The smallest absolute Gasteiger partial charge is 0.374 e. The molecule has 0 amide bonds. The Balaban J connectivity index is 2.06. The van der Waals surface area contributed by atoms with Gasteiger partial charge in [-0.3, -0.25) is 0 Å². The quantitative estimate of drug-likeness (QED) is 0.890. The maximum absolute atomic E-state index is 11.2. The Labute approximate surface area is 122 Å². The summed E-state index contributed by atoms with van der Waals surface area (Å²) in [6.45, 7) is 3.22. The lowest BCUT2D eigenvalue weighted by Gasteiger charge is -2.20. The number of benzene rings is 1. The van der Waals surface area contributed by atoms with Crippen molar-refractivity contribution in [2.45, 2.75) is 19.4 Å². The molecule has 0 spiro atoms. The minimum atomic E-state index is -1.13. The maximum Gasteiger partial charge on any atom is 0.374 e. The van der Waals surface area contributed by atoms with Crippen molar-refractivity contribution in [1.82, 2.24) is 9.97 Å². The van der Waals surface area contributed by atoms with Crippen LogP contribution in [0.2, 0.25) is 0 Å². The zero-order chi connectivity index (χ0) is 15.0. The predicted octanol–water partition coefficient (Wildman–Crippen LogP) is 1.54. The largest absolute Gasteiger partial charge is 0.475 e. The molecule has 2 aromatic rings. The van der Waals surface area contributed by atoms with Crippen LogP contribution < -0.4 is 4.90 Å². The lowest BCUT2D eigenvalue weighted by atomic mass is 10.0. The average molecular weight is 287 g/mol. The molecule has 1 saturated heterocycles. The zero-order valence-electron chi connectivity index (χ0n) is 11.7. The van der Waals surface area contributed by atoms with Gasteiger partial charge in [0.1, 0.15) is 5.82 Å². The Morgan fingerprint density at radius 2 is 2.14 bits per heavy atom. The second-order valence-electron chi connectivity index (χ2n) is 5.43. The Bertz CT molecular complexity index is 687. The topological polar surface area (TPSA) is 86.5 Å². The van der Waals surface area contributed by atoms with E-state index in [0.29, 0.717) is 17.9 Å². The van der Waals surface area contributed by atoms with E-state index in [2.05, 4.69) is 9.97 Å². The average Bonchev–Trinajstić information content (AvgIpc) is 2.96. The maximum atomic E-state index is 11.2. The van der Waals surface area contributed by atoms with Crippen LogP contribution in [0.3, 0.4) is 0 Å². The molecule has 0 bridgehead atoms. The fourth-order valence-corrected chi connectivity index (χ4v) is 2.77. The van der Waals surface area contributed by atoms with Crippen LogP contribution in [0.1, 0.15) is 24.0 Å². The summed E-state index contributed by atoms with van der Waals surface area (Å²) >= 11 is 0. The highest BCUT2D eigenvalue weighted by Crippen LogP contribution is 2.29. The molecular weight excluding hydrogens is 270 g/mol. The summed E-state index contributed by atoms with van der Waals surface area (Å²) in [5.41, 5.74) is 0.625. The summed E-state index contributed by atoms with van der Waals surface area (Å²) < 4.78 is 0. The van der Waals surface area contributed by atoms with Crippen LogP contribution in [-0.2, 0) is 0 Å². The lowest BCUT2D eigenvalue weighted by Crippen LogP contribution is -2.25. The first-order valence-corrected chi connectivity index (χ1v) is 6.99. The van der Waals surface area contributed by atoms with E-state index in [1.807, 2.05) is 23.1 Å². The molecule has 2 atom stereocenters. The van der Waals surface area contributed by atoms with E-state index in [4.69, 9.17) is 5.11 Å². The fourth-order valence-electron chi connectivity index (χ4n) is 2.77. The molecule has 1 aliphatic rings. The van der Waals surface area contributed by atoms with Crippen LogP contribution in [0, 0.1) is 5.92 Å². The molecule has 0 saturated carbocycles. The van der Waals surface area contributed by atoms with Gasteiger partial charge in [-0.1, -0.05) is 12.1 Å². The van der Waals surface area contributed by atoms with Crippen LogP contribution in [0.5, 0.6) is 0 Å². The van der Waals surface area contributed by atoms with Crippen molar-refractivity contribution in [3.8, 4) is 0 Å². The molecule has 21 heavy (non-hydrogen) atoms. The first-order valence-electron chi connectivity index (χ1n) is 6.99. The van der Waals surface area contributed by atoms with Gasteiger partial charge in [0.25, 0.3) is 0 Å². The summed E-state index contributed by atoms with van der Waals surface area (Å²) in [6, 6.07) is 7.40. The number of anilines is 1. The van der Waals surface area contributed by atoms with Gasteiger partial charge in [0.15, 0.2) is 0 Å². The predicted molar refractivity (Wildman–Crippen MR) is 78.5 cm³/mol. The summed E-state index contributed by atoms with van der Waals surface area (Å²) in [4.78, 5) is 21.5. The van der Waals surface area contributed by atoms with Crippen molar-refractivity contribution in [3.63, 3.8) is 0 Å². The van der Waals surface area contributed by atoms with Crippen molar-refractivity contribution < 1.29 is 15.0 Å². The number of carboxylic acid groups (broad SMARTS) is 1. The number of hydrogen-bond donors (Lipinski definition) is 2. The number of carbonyl (C=O) groups is 1.